The van der Waals surface area contributed by atoms with Crippen LogP contribution in [0.4, 0.5) is 5.69 Å². The zero-order chi connectivity index (χ0) is 18.6. The lowest BCUT2D eigenvalue weighted by Gasteiger charge is -2.16. The maximum Gasteiger partial charge on any atom is 0.307 e. The van der Waals surface area contributed by atoms with Crippen LogP contribution < -0.4 is 9.46 Å². The van der Waals surface area contributed by atoms with Crippen LogP contribution in [0.15, 0.2) is 41.3 Å². The summed E-state index contributed by atoms with van der Waals surface area (Å²) < 4.78 is 33.6. The van der Waals surface area contributed by atoms with Crippen LogP contribution in [0.1, 0.15) is 23.6 Å². The topological polar surface area (TPSA) is 92.7 Å². The van der Waals surface area contributed by atoms with Gasteiger partial charge in [-0.1, -0.05) is 31.2 Å². The van der Waals surface area contributed by atoms with E-state index in [0.717, 1.165) is 11.1 Å². The molecule has 2 N–H and O–H groups in total. The minimum Gasteiger partial charge on any atom is -0.495 e. The van der Waals surface area contributed by atoms with Gasteiger partial charge >= 0.3 is 5.97 Å². The van der Waals surface area contributed by atoms with Gasteiger partial charge in [0, 0.05) is 0 Å². The normalized spacial score (nSPS) is 11.2. The molecule has 0 saturated heterocycles. The molecule has 0 saturated carbocycles. The summed E-state index contributed by atoms with van der Waals surface area (Å²) in [5.41, 5.74) is 2.61. The third kappa shape index (κ3) is 4.30. The fourth-order valence-electron chi connectivity index (χ4n) is 2.57. The number of methoxy groups -OCH3 is 1. The van der Waals surface area contributed by atoms with Crippen molar-refractivity contribution in [2.45, 2.75) is 31.6 Å². The van der Waals surface area contributed by atoms with E-state index in [1.807, 2.05) is 32.0 Å². The number of hydrogen-bond donors (Lipinski definition) is 2. The van der Waals surface area contributed by atoms with Gasteiger partial charge in [-0.25, -0.2) is 8.42 Å². The van der Waals surface area contributed by atoms with Gasteiger partial charge < -0.3 is 9.84 Å². The molecule has 0 fully saturated rings. The van der Waals surface area contributed by atoms with Crippen LogP contribution in [-0.2, 0) is 27.7 Å². The molecule has 0 radical (unpaired) electrons. The van der Waals surface area contributed by atoms with Crippen molar-refractivity contribution in [1.29, 1.82) is 0 Å². The predicted octanol–water partition coefficient (Wildman–Crippen LogP) is 2.99. The Morgan fingerprint density at radius 2 is 1.96 bits per heavy atom. The number of nitrogens with one attached hydrogen (secondary N) is 1. The second kappa shape index (κ2) is 7.57. The molecule has 2 rings (SSSR count). The molecular weight excluding hydrogens is 342 g/mol. The number of sulfonamides is 1. The first-order valence-electron chi connectivity index (χ1n) is 7.78. The minimum absolute atomic E-state index is 0.0842. The Hall–Kier alpha value is -2.54. The summed E-state index contributed by atoms with van der Waals surface area (Å²) in [6, 6.07) is 9.90. The van der Waals surface area contributed by atoms with Gasteiger partial charge in [-0.3, -0.25) is 9.52 Å². The second-order valence-corrected chi connectivity index (χ2v) is 7.27. The van der Waals surface area contributed by atoms with Crippen LogP contribution in [-0.4, -0.2) is 26.6 Å². The van der Waals surface area contributed by atoms with Gasteiger partial charge in [0.05, 0.1) is 19.2 Å². The Morgan fingerprint density at radius 1 is 1.24 bits per heavy atom. The molecule has 134 valence electrons. The lowest BCUT2D eigenvalue weighted by molar-refractivity contribution is -0.136. The maximum atomic E-state index is 12.9. The molecule has 0 amide bonds. The molecule has 6 nitrogen and oxygen atoms in total. The van der Waals surface area contributed by atoms with Crippen LogP contribution >= 0.6 is 0 Å². The standard InChI is InChI=1S/C18H21NO5S/c1-4-14-7-5-6-12(2)18(14)19-25(22,23)16-10-13(11-17(20)21)8-9-15(16)24-3/h5-10,19H,4,11H2,1-3H3,(H,20,21). The summed E-state index contributed by atoms with van der Waals surface area (Å²) in [6.45, 7) is 3.77. The van der Waals surface area contributed by atoms with E-state index in [1.54, 1.807) is 0 Å². The summed E-state index contributed by atoms with van der Waals surface area (Å²) in [4.78, 5) is 10.8. The van der Waals surface area contributed by atoms with Crippen molar-refractivity contribution in [3.63, 3.8) is 0 Å². The largest absolute Gasteiger partial charge is 0.495 e. The molecule has 0 bridgehead atoms. The van der Waals surface area contributed by atoms with Gasteiger partial charge in [0.2, 0.25) is 0 Å². The van der Waals surface area contributed by atoms with E-state index >= 15 is 0 Å². The lowest BCUT2D eigenvalue weighted by atomic mass is 10.1. The number of para-hydroxylation sites is 1. The molecule has 0 spiro atoms. The summed E-state index contributed by atoms with van der Waals surface area (Å²) in [6.07, 6.45) is 0.410. The van der Waals surface area contributed by atoms with Crippen LogP contribution in [0.25, 0.3) is 0 Å². The first-order chi connectivity index (χ1) is 11.8. The molecule has 0 aliphatic rings. The second-order valence-electron chi connectivity index (χ2n) is 5.62. The Kier molecular flexibility index (Phi) is 5.69. The predicted molar refractivity (Wildman–Crippen MR) is 95.7 cm³/mol. The molecule has 7 heteroatoms. The van der Waals surface area contributed by atoms with Crippen molar-refractivity contribution in [3.05, 3.63) is 53.1 Å². The van der Waals surface area contributed by atoms with Gasteiger partial charge in [-0.2, -0.15) is 0 Å². The van der Waals surface area contributed by atoms with Crippen molar-refractivity contribution in [2.75, 3.05) is 11.8 Å². The molecule has 0 heterocycles. The highest BCUT2D eigenvalue weighted by Crippen LogP contribution is 2.30. The van der Waals surface area contributed by atoms with E-state index in [1.165, 1.54) is 25.3 Å². The summed E-state index contributed by atoms with van der Waals surface area (Å²) >= 11 is 0. The van der Waals surface area contributed by atoms with E-state index in [-0.39, 0.29) is 17.1 Å². The average molecular weight is 363 g/mol. The van der Waals surface area contributed by atoms with E-state index in [9.17, 15) is 13.2 Å². The molecule has 0 aliphatic carbocycles. The van der Waals surface area contributed by atoms with Crippen LogP contribution in [0, 0.1) is 6.92 Å². The maximum absolute atomic E-state index is 12.9. The summed E-state index contributed by atoms with van der Waals surface area (Å²) in [7, 11) is -2.57. The number of anilines is 1. The van der Waals surface area contributed by atoms with Gasteiger partial charge in [-0.05, 0) is 42.2 Å². The highest BCUT2D eigenvalue weighted by Gasteiger charge is 2.22. The third-order valence-corrected chi connectivity index (χ3v) is 5.22. The lowest BCUT2D eigenvalue weighted by Crippen LogP contribution is -2.16. The zero-order valence-electron chi connectivity index (χ0n) is 14.4. The zero-order valence-corrected chi connectivity index (χ0v) is 15.2. The SMILES string of the molecule is CCc1cccc(C)c1NS(=O)(=O)c1cc(CC(=O)O)ccc1OC. The van der Waals surface area contributed by atoms with Gasteiger partial charge in [0.15, 0.2) is 0 Å². The highest BCUT2D eigenvalue weighted by atomic mass is 32.2. The van der Waals surface area contributed by atoms with E-state index in [4.69, 9.17) is 9.84 Å². The van der Waals surface area contributed by atoms with Crippen molar-refractivity contribution in [3.8, 4) is 5.75 Å². The number of aliphatic carboxylic acids is 1. The Bertz CT molecular complexity index is 890. The summed E-state index contributed by atoms with van der Waals surface area (Å²) in [5, 5.41) is 8.93. The molecular formula is C18H21NO5S. The van der Waals surface area contributed by atoms with Crippen LogP contribution in [0.5, 0.6) is 5.75 Å². The molecule has 0 atom stereocenters. The fraction of sp³-hybridized carbons (Fsp3) is 0.278. The van der Waals surface area contributed by atoms with Crippen molar-refractivity contribution in [1.82, 2.24) is 0 Å². The number of aryl methyl sites for hydroxylation is 2. The Balaban J connectivity index is 2.51. The number of benzene rings is 2. The summed E-state index contributed by atoms with van der Waals surface area (Å²) in [5.74, 6) is -0.873. The number of carboxylic acids is 1. The van der Waals surface area contributed by atoms with Gasteiger partial charge in [0.25, 0.3) is 10.0 Å². The average Bonchev–Trinajstić information content (AvgIpc) is 2.56. The Morgan fingerprint density at radius 3 is 2.56 bits per heavy atom. The molecule has 0 unspecified atom stereocenters. The first-order valence-corrected chi connectivity index (χ1v) is 9.26. The Labute approximate surface area is 147 Å². The van der Waals surface area contributed by atoms with E-state index in [2.05, 4.69) is 4.72 Å². The fourth-order valence-corrected chi connectivity index (χ4v) is 3.97. The quantitative estimate of drug-likeness (QED) is 0.789. The van der Waals surface area contributed by atoms with Crippen molar-refractivity contribution >= 4 is 21.7 Å². The number of carboxylic acid groups (broad SMARTS) is 1. The van der Waals surface area contributed by atoms with Gasteiger partial charge in [0.1, 0.15) is 10.6 Å². The van der Waals surface area contributed by atoms with E-state index in [0.29, 0.717) is 17.7 Å². The minimum atomic E-state index is -3.94. The highest BCUT2D eigenvalue weighted by molar-refractivity contribution is 7.92. The smallest absolute Gasteiger partial charge is 0.307 e. The van der Waals surface area contributed by atoms with Crippen molar-refractivity contribution < 1.29 is 23.1 Å². The monoisotopic (exact) mass is 363 g/mol. The van der Waals surface area contributed by atoms with Crippen molar-refractivity contribution in [2.24, 2.45) is 0 Å². The molecule has 0 aliphatic heterocycles. The molecule has 25 heavy (non-hydrogen) atoms. The number of carbonyl (C=O) groups is 1. The third-order valence-electron chi connectivity index (χ3n) is 3.85. The molecule has 2 aromatic rings. The van der Waals surface area contributed by atoms with E-state index < -0.39 is 16.0 Å². The first kappa shape index (κ1) is 18.8. The molecule has 2 aromatic carbocycles. The van der Waals surface area contributed by atoms with Crippen LogP contribution in [0.2, 0.25) is 0 Å². The number of rotatable bonds is 7. The molecule has 0 aromatic heterocycles. The number of ether oxygens (including phenoxy) is 1. The van der Waals surface area contributed by atoms with Gasteiger partial charge in [-0.15, -0.1) is 0 Å². The van der Waals surface area contributed by atoms with Crippen LogP contribution in [0.3, 0.4) is 0 Å². The number of hydrogen-bond acceptors (Lipinski definition) is 4.